The molecule has 4 nitrogen and oxygen atoms in total. The fraction of sp³-hybridized carbons (Fsp3) is 0.909. The molecule has 1 fully saturated rings. The van der Waals surface area contributed by atoms with Gasteiger partial charge in [-0.25, -0.2) is 0 Å². The smallest absolute Gasteiger partial charge is 0.323 e. The lowest BCUT2D eigenvalue weighted by Gasteiger charge is -2.23. The third-order valence-corrected chi connectivity index (χ3v) is 3.38. The molecular formula is C11H22N2O2. The minimum atomic E-state index is -1.08. The van der Waals surface area contributed by atoms with Crippen molar-refractivity contribution >= 4 is 5.97 Å². The number of nitrogens with two attached hydrogens (primary N) is 1. The van der Waals surface area contributed by atoms with Gasteiger partial charge in [-0.15, -0.1) is 0 Å². The predicted octanol–water partition coefficient (Wildman–Crippen LogP) is 0.910. The number of aliphatic carboxylic acids is 1. The molecule has 4 heteroatoms. The van der Waals surface area contributed by atoms with Gasteiger partial charge in [0.25, 0.3) is 0 Å². The number of likely N-dealkylation sites (tertiary alicyclic amines) is 1. The van der Waals surface area contributed by atoms with Crippen molar-refractivity contribution < 1.29 is 9.90 Å². The zero-order chi connectivity index (χ0) is 11.5. The van der Waals surface area contributed by atoms with E-state index < -0.39 is 11.5 Å². The van der Waals surface area contributed by atoms with E-state index in [2.05, 4.69) is 11.8 Å². The van der Waals surface area contributed by atoms with Gasteiger partial charge in [-0.2, -0.15) is 0 Å². The summed E-state index contributed by atoms with van der Waals surface area (Å²) in [6, 6.07) is 0. The van der Waals surface area contributed by atoms with Crippen molar-refractivity contribution in [3.05, 3.63) is 0 Å². The van der Waals surface area contributed by atoms with E-state index in [1.165, 1.54) is 12.8 Å². The molecule has 2 unspecified atom stereocenters. The number of nitrogens with zero attached hydrogens (tertiary/aromatic N) is 1. The van der Waals surface area contributed by atoms with E-state index >= 15 is 0 Å². The average molecular weight is 214 g/mol. The summed E-state index contributed by atoms with van der Waals surface area (Å²) < 4.78 is 0. The summed E-state index contributed by atoms with van der Waals surface area (Å²) in [6.45, 7) is 6.79. The Balaban J connectivity index is 2.29. The Kier molecular flexibility index (Phi) is 4.11. The third-order valence-electron chi connectivity index (χ3n) is 3.38. The lowest BCUT2D eigenvalue weighted by atomic mass is 9.99. The summed E-state index contributed by atoms with van der Waals surface area (Å²) in [4.78, 5) is 13.1. The number of carbonyl (C=O) groups is 1. The molecule has 0 amide bonds. The Morgan fingerprint density at radius 3 is 2.80 bits per heavy atom. The fourth-order valence-corrected chi connectivity index (χ4v) is 1.95. The van der Waals surface area contributed by atoms with Crippen LogP contribution in [0.1, 0.15) is 33.1 Å². The maximum Gasteiger partial charge on any atom is 0.323 e. The van der Waals surface area contributed by atoms with Gasteiger partial charge >= 0.3 is 5.97 Å². The van der Waals surface area contributed by atoms with Crippen LogP contribution in [0.2, 0.25) is 0 Å². The summed E-state index contributed by atoms with van der Waals surface area (Å²) >= 11 is 0. The van der Waals surface area contributed by atoms with E-state index in [4.69, 9.17) is 10.8 Å². The molecule has 0 spiro atoms. The van der Waals surface area contributed by atoms with Gasteiger partial charge in [0, 0.05) is 13.1 Å². The van der Waals surface area contributed by atoms with Crippen LogP contribution in [0.25, 0.3) is 0 Å². The quantitative estimate of drug-likeness (QED) is 0.714. The lowest BCUT2D eigenvalue weighted by molar-refractivity contribution is -0.143. The van der Waals surface area contributed by atoms with Crippen molar-refractivity contribution in [1.82, 2.24) is 4.90 Å². The highest BCUT2D eigenvalue weighted by atomic mass is 16.4. The Bertz CT molecular complexity index is 229. The molecular weight excluding hydrogens is 192 g/mol. The summed E-state index contributed by atoms with van der Waals surface area (Å²) in [5, 5.41) is 8.87. The molecule has 0 bridgehead atoms. The van der Waals surface area contributed by atoms with Crippen LogP contribution < -0.4 is 5.73 Å². The van der Waals surface area contributed by atoms with E-state index in [1.807, 2.05) is 0 Å². The van der Waals surface area contributed by atoms with Crippen LogP contribution in [-0.2, 0) is 4.79 Å². The molecule has 0 aliphatic carbocycles. The van der Waals surface area contributed by atoms with Crippen LogP contribution in [0.4, 0.5) is 0 Å². The molecule has 0 aromatic heterocycles. The SMILES string of the molecule is CCC1CCN(CCC(C)(N)C(=O)O)C1. The second-order valence-electron chi connectivity index (χ2n) is 4.84. The molecule has 1 aliphatic rings. The van der Waals surface area contributed by atoms with E-state index in [1.54, 1.807) is 6.92 Å². The van der Waals surface area contributed by atoms with Crippen LogP contribution in [-0.4, -0.2) is 41.1 Å². The minimum Gasteiger partial charge on any atom is -0.480 e. The molecule has 0 aromatic rings. The standard InChI is InChI=1S/C11H22N2O2/c1-3-9-4-6-13(8-9)7-5-11(2,12)10(14)15/h9H,3-8,12H2,1-2H3,(H,14,15). The molecule has 0 radical (unpaired) electrons. The van der Waals surface area contributed by atoms with E-state index in [9.17, 15) is 4.79 Å². The van der Waals surface area contributed by atoms with Crippen molar-refractivity contribution in [3.8, 4) is 0 Å². The summed E-state index contributed by atoms with van der Waals surface area (Å²) in [6.07, 6.45) is 2.99. The van der Waals surface area contributed by atoms with Gasteiger partial charge in [-0.3, -0.25) is 4.79 Å². The topological polar surface area (TPSA) is 66.6 Å². The van der Waals surface area contributed by atoms with Gasteiger partial charge in [0.1, 0.15) is 5.54 Å². The molecule has 0 aromatic carbocycles. The summed E-state index contributed by atoms with van der Waals surface area (Å²) in [5.74, 6) is -0.118. The highest BCUT2D eigenvalue weighted by molar-refractivity contribution is 5.77. The molecule has 1 aliphatic heterocycles. The van der Waals surface area contributed by atoms with Gasteiger partial charge in [-0.1, -0.05) is 13.3 Å². The van der Waals surface area contributed by atoms with Gasteiger partial charge in [0.05, 0.1) is 0 Å². The highest BCUT2D eigenvalue weighted by Crippen LogP contribution is 2.20. The maximum atomic E-state index is 10.8. The van der Waals surface area contributed by atoms with Crippen LogP contribution in [0.15, 0.2) is 0 Å². The molecule has 1 heterocycles. The number of rotatable bonds is 5. The van der Waals surface area contributed by atoms with Gasteiger partial charge in [-0.05, 0) is 32.2 Å². The van der Waals surface area contributed by atoms with Crippen LogP contribution in [0.3, 0.4) is 0 Å². The minimum absolute atomic E-state index is 0.527. The third kappa shape index (κ3) is 3.47. The first-order chi connectivity index (χ1) is 6.95. The Hall–Kier alpha value is -0.610. The second-order valence-corrected chi connectivity index (χ2v) is 4.84. The first-order valence-electron chi connectivity index (χ1n) is 5.70. The molecule has 2 atom stereocenters. The first-order valence-corrected chi connectivity index (χ1v) is 5.70. The Morgan fingerprint density at radius 1 is 1.67 bits per heavy atom. The molecule has 15 heavy (non-hydrogen) atoms. The monoisotopic (exact) mass is 214 g/mol. The van der Waals surface area contributed by atoms with Gasteiger partial charge in [0.15, 0.2) is 0 Å². The number of carboxylic acids is 1. The molecule has 1 rings (SSSR count). The zero-order valence-electron chi connectivity index (χ0n) is 9.70. The fourth-order valence-electron chi connectivity index (χ4n) is 1.95. The van der Waals surface area contributed by atoms with E-state index in [-0.39, 0.29) is 0 Å². The number of hydrogen-bond acceptors (Lipinski definition) is 3. The Labute approximate surface area is 91.4 Å². The van der Waals surface area contributed by atoms with Crippen molar-refractivity contribution in [2.45, 2.75) is 38.6 Å². The zero-order valence-corrected chi connectivity index (χ0v) is 9.70. The lowest BCUT2D eigenvalue weighted by Crippen LogP contribution is -2.47. The van der Waals surface area contributed by atoms with Crippen molar-refractivity contribution in [2.75, 3.05) is 19.6 Å². The van der Waals surface area contributed by atoms with Crippen LogP contribution in [0.5, 0.6) is 0 Å². The highest BCUT2D eigenvalue weighted by Gasteiger charge is 2.29. The Morgan fingerprint density at radius 2 is 2.33 bits per heavy atom. The van der Waals surface area contributed by atoms with Crippen molar-refractivity contribution in [1.29, 1.82) is 0 Å². The molecule has 0 saturated carbocycles. The summed E-state index contributed by atoms with van der Waals surface area (Å²) in [7, 11) is 0. The van der Waals surface area contributed by atoms with E-state index in [0.29, 0.717) is 6.42 Å². The van der Waals surface area contributed by atoms with Gasteiger partial charge in [0.2, 0.25) is 0 Å². The van der Waals surface area contributed by atoms with E-state index in [0.717, 1.165) is 25.6 Å². The molecule has 1 saturated heterocycles. The number of hydrogen-bond donors (Lipinski definition) is 2. The van der Waals surface area contributed by atoms with Crippen molar-refractivity contribution in [2.24, 2.45) is 11.7 Å². The predicted molar refractivity (Wildman–Crippen MR) is 59.7 cm³/mol. The maximum absolute atomic E-state index is 10.8. The summed E-state index contributed by atoms with van der Waals surface area (Å²) in [5.41, 5.74) is 4.60. The van der Waals surface area contributed by atoms with Crippen LogP contribution in [0, 0.1) is 5.92 Å². The number of carboxylic acid groups (broad SMARTS) is 1. The van der Waals surface area contributed by atoms with Gasteiger partial charge < -0.3 is 15.7 Å². The molecule has 88 valence electrons. The normalized spacial score (nSPS) is 26.5. The van der Waals surface area contributed by atoms with Crippen LogP contribution >= 0.6 is 0 Å². The molecule has 3 N–H and O–H groups in total. The van der Waals surface area contributed by atoms with Crippen molar-refractivity contribution in [3.63, 3.8) is 0 Å². The second kappa shape index (κ2) is 4.94. The first kappa shape index (κ1) is 12.5. The average Bonchev–Trinajstić information content (AvgIpc) is 2.62. The largest absolute Gasteiger partial charge is 0.480 e.